The van der Waals surface area contributed by atoms with Gasteiger partial charge in [0.05, 0.1) is 0 Å². The fourth-order valence-electron chi connectivity index (χ4n) is 7.83. The number of piperidine rings is 1. The van der Waals surface area contributed by atoms with E-state index < -0.39 is 90.1 Å². The smallest absolute Gasteiger partial charge is 0.328 e. The summed E-state index contributed by atoms with van der Waals surface area (Å²) in [4.78, 5) is 101. The van der Waals surface area contributed by atoms with Crippen LogP contribution >= 0.6 is 0 Å². The molecular weight excluding hydrogens is 699 g/mol. The number of halogens is 1. The van der Waals surface area contributed by atoms with Crippen molar-refractivity contribution in [3.05, 3.63) is 47.8 Å². The Morgan fingerprint density at radius 1 is 0.963 bits per heavy atom. The normalized spacial score (nSPS) is 27.6. The van der Waals surface area contributed by atoms with E-state index in [1.807, 2.05) is 13.8 Å². The first-order chi connectivity index (χ1) is 25.9. The van der Waals surface area contributed by atoms with Crippen molar-refractivity contribution < 1.29 is 42.7 Å². The Balaban J connectivity index is 1.46. The van der Waals surface area contributed by atoms with Gasteiger partial charge in [0, 0.05) is 26.1 Å². The molecule has 0 saturated carbocycles. The number of fused-ring (bicyclic) bond motifs is 3. The predicted octanol–water partition coefficient (Wildman–Crippen LogP) is 1.75. The van der Waals surface area contributed by atoms with Gasteiger partial charge < -0.3 is 35.4 Å². The molecule has 294 valence electrons. The Labute approximate surface area is 315 Å². The molecule has 15 heteroatoms. The van der Waals surface area contributed by atoms with Crippen LogP contribution in [0.5, 0.6) is 0 Å². The number of esters is 1. The van der Waals surface area contributed by atoms with Gasteiger partial charge in [0.25, 0.3) is 0 Å². The van der Waals surface area contributed by atoms with Gasteiger partial charge in [-0.2, -0.15) is 0 Å². The lowest BCUT2D eigenvalue weighted by atomic mass is 9.99. The number of carbonyl (C=O) groups excluding carboxylic acids is 7. The van der Waals surface area contributed by atoms with E-state index in [4.69, 9.17) is 4.74 Å². The fraction of sp³-hybridized carbons (Fsp3) is 0.615. The first kappa shape index (κ1) is 40.4. The molecule has 1 aromatic rings. The highest BCUT2D eigenvalue weighted by molar-refractivity contribution is 5.98. The molecule has 3 N–H and O–H groups in total. The lowest BCUT2D eigenvalue weighted by molar-refractivity contribution is -0.158. The van der Waals surface area contributed by atoms with E-state index in [1.54, 1.807) is 19.1 Å². The maximum Gasteiger partial charge on any atom is 0.328 e. The second kappa shape index (κ2) is 18.5. The van der Waals surface area contributed by atoms with Crippen LogP contribution < -0.4 is 16.0 Å². The van der Waals surface area contributed by atoms with E-state index in [2.05, 4.69) is 16.0 Å². The average Bonchev–Trinajstić information content (AvgIpc) is 3.80. The van der Waals surface area contributed by atoms with Crippen molar-refractivity contribution in [2.45, 2.75) is 121 Å². The Morgan fingerprint density at radius 3 is 2.46 bits per heavy atom. The molecule has 0 unspecified atom stereocenters. The number of nitrogens with zero attached hydrogens (tertiary/aromatic N) is 3. The van der Waals surface area contributed by atoms with Gasteiger partial charge >= 0.3 is 5.97 Å². The SMILES string of the molecule is CCCC/C=C/C(=O)N[C@@H](Cc1cccc(F)c1)C(=O)N[C@H]1COC(=O)[C@@H]2C[C@@H](C)CN2C(=O)[C@H](C)NC(=O)[C@@H]2CCCCN2C(=O)[C@@H]2CCCN2C1=O. The molecule has 54 heavy (non-hydrogen) atoms. The topological polar surface area (TPSA) is 175 Å². The predicted molar refractivity (Wildman–Crippen MR) is 195 cm³/mol. The Hall–Kier alpha value is -4.82. The van der Waals surface area contributed by atoms with Gasteiger partial charge in [-0.15, -0.1) is 0 Å². The summed E-state index contributed by atoms with van der Waals surface area (Å²) in [5.41, 5.74) is 0.417. The van der Waals surface area contributed by atoms with E-state index in [9.17, 15) is 38.0 Å². The van der Waals surface area contributed by atoms with Crippen LogP contribution in [-0.4, -0.2) is 119 Å². The molecular formula is C39H53FN6O8. The molecule has 1 aromatic carbocycles. The number of rotatable bonds is 9. The number of benzene rings is 1. The second-order valence-electron chi connectivity index (χ2n) is 14.9. The number of carbonyl (C=O) groups is 7. The summed E-state index contributed by atoms with van der Waals surface area (Å²) in [7, 11) is 0. The van der Waals surface area contributed by atoms with E-state index in [0.29, 0.717) is 57.1 Å². The van der Waals surface area contributed by atoms with Crippen molar-refractivity contribution in [1.82, 2.24) is 30.7 Å². The third-order valence-corrected chi connectivity index (χ3v) is 10.7. The molecule has 0 radical (unpaired) electrons. The van der Waals surface area contributed by atoms with Gasteiger partial charge in [-0.1, -0.05) is 44.9 Å². The summed E-state index contributed by atoms with van der Waals surface area (Å²) in [6.07, 6.45) is 8.22. The number of ether oxygens (including phenoxy) is 1. The number of amides is 6. The molecule has 4 fully saturated rings. The number of hydrogen-bond donors (Lipinski definition) is 3. The minimum Gasteiger partial charge on any atom is -0.461 e. The highest BCUT2D eigenvalue weighted by Crippen LogP contribution is 2.28. The highest BCUT2D eigenvalue weighted by Gasteiger charge is 2.46. The lowest BCUT2D eigenvalue weighted by Crippen LogP contribution is -2.62. The number of unbranched alkanes of at least 4 members (excludes halogenated alkanes) is 2. The van der Waals surface area contributed by atoms with Gasteiger partial charge in [-0.25, -0.2) is 9.18 Å². The van der Waals surface area contributed by atoms with Crippen LogP contribution in [0.3, 0.4) is 0 Å². The Kier molecular flexibility index (Phi) is 13.8. The van der Waals surface area contributed by atoms with Crippen molar-refractivity contribution in [3.63, 3.8) is 0 Å². The minimum atomic E-state index is -1.47. The van der Waals surface area contributed by atoms with Crippen LogP contribution in [0.25, 0.3) is 0 Å². The third-order valence-electron chi connectivity index (χ3n) is 10.7. The van der Waals surface area contributed by atoms with E-state index in [-0.39, 0.29) is 25.4 Å². The molecule has 0 aromatic heterocycles. The molecule has 0 aliphatic carbocycles. The standard InChI is InChI=1S/C39H53FN6O8/c1-4-5-6-7-16-33(47)42-28(21-26-12-10-13-27(40)20-26)34(48)43-29-23-54-39(53)32-19-24(2)22-46(32)36(50)25(3)41-35(49)30-14-8-9-17-44(30)38(52)31-15-11-18-45(31)37(29)51/h7,10,12-13,16,20,24-25,28-32H,4-6,8-9,11,14-15,17-19,21-23H2,1-3H3,(H,41,49)(H,42,47)(H,43,48)/b16-7+/t24-,25+,28+,29+,30+,31+,32+/m1/s1. The molecule has 0 bridgehead atoms. The van der Waals surface area contributed by atoms with Crippen molar-refractivity contribution in [2.75, 3.05) is 26.2 Å². The lowest BCUT2D eigenvalue weighted by Gasteiger charge is -2.39. The van der Waals surface area contributed by atoms with Gasteiger partial charge in [-0.3, -0.25) is 28.8 Å². The van der Waals surface area contributed by atoms with Crippen LogP contribution in [0.4, 0.5) is 4.39 Å². The first-order valence-electron chi connectivity index (χ1n) is 19.3. The van der Waals surface area contributed by atoms with E-state index >= 15 is 0 Å². The second-order valence-corrected chi connectivity index (χ2v) is 14.9. The molecule has 4 saturated heterocycles. The number of cyclic esters (lactones) is 1. The molecule has 4 heterocycles. The minimum absolute atomic E-state index is 0.0614. The monoisotopic (exact) mass is 752 g/mol. The summed E-state index contributed by atoms with van der Waals surface area (Å²) in [5, 5.41) is 8.12. The fourth-order valence-corrected chi connectivity index (χ4v) is 7.83. The quantitative estimate of drug-likeness (QED) is 0.194. The summed E-state index contributed by atoms with van der Waals surface area (Å²) in [5.74, 6) is -4.74. The van der Waals surface area contributed by atoms with Crippen LogP contribution in [0.1, 0.15) is 84.1 Å². The highest BCUT2D eigenvalue weighted by atomic mass is 19.1. The van der Waals surface area contributed by atoms with E-state index in [0.717, 1.165) is 12.8 Å². The maximum atomic E-state index is 14.4. The number of nitrogens with one attached hydrogen (secondary N) is 3. The molecule has 14 nitrogen and oxygen atoms in total. The van der Waals surface area contributed by atoms with Crippen molar-refractivity contribution >= 4 is 41.4 Å². The number of allylic oxidation sites excluding steroid dienone is 1. The molecule has 4 aliphatic rings. The van der Waals surface area contributed by atoms with Crippen LogP contribution in [0, 0.1) is 11.7 Å². The molecule has 7 atom stereocenters. The zero-order chi connectivity index (χ0) is 38.9. The van der Waals surface area contributed by atoms with Gasteiger partial charge in [-0.05, 0) is 81.6 Å². The van der Waals surface area contributed by atoms with Gasteiger partial charge in [0.1, 0.15) is 48.7 Å². The van der Waals surface area contributed by atoms with Gasteiger partial charge in [0.2, 0.25) is 35.4 Å². The molecule has 6 amide bonds. The summed E-state index contributed by atoms with van der Waals surface area (Å²) in [6.45, 7) is 5.58. The summed E-state index contributed by atoms with van der Waals surface area (Å²) >= 11 is 0. The largest absolute Gasteiger partial charge is 0.461 e. The zero-order valence-electron chi connectivity index (χ0n) is 31.4. The Morgan fingerprint density at radius 2 is 1.70 bits per heavy atom. The maximum absolute atomic E-state index is 14.4. The molecule has 4 aliphatic heterocycles. The van der Waals surface area contributed by atoms with E-state index in [1.165, 1.54) is 39.0 Å². The third kappa shape index (κ3) is 9.83. The van der Waals surface area contributed by atoms with Gasteiger partial charge in [0.15, 0.2) is 0 Å². The summed E-state index contributed by atoms with van der Waals surface area (Å²) in [6, 6.07) is -0.886. The van der Waals surface area contributed by atoms with Crippen LogP contribution in [-0.2, 0) is 44.7 Å². The molecule has 0 spiro atoms. The zero-order valence-corrected chi connectivity index (χ0v) is 31.4. The van der Waals surface area contributed by atoms with Crippen LogP contribution in [0.15, 0.2) is 36.4 Å². The average molecular weight is 753 g/mol. The molecule has 5 rings (SSSR count). The number of hydrogen-bond acceptors (Lipinski definition) is 8. The van der Waals surface area contributed by atoms with Crippen molar-refractivity contribution in [3.8, 4) is 0 Å². The first-order valence-corrected chi connectivity index (χ1v) is 19.3. The summed E-state index contributed by atoms with van der Waals surface area (Å²) < 4.78 is 19.9. The van der Waals surface area contributed by atoms with Crippen molar-refractivity contribution in [1.29, 1.82) is 0 Å². The van der Waals surface area contributed by atoms with Crippen LogP contribution in [0.2, 0.25) is 0 Å². The van der Waals surface area contributed by atoms with Crippen molar-refractivity contribution in [2.24, 2.45) is 5.92 Å². The Bertz CT molecular complexity index is 1620.